The lowest BCUT2D eigenvalue weighted by Gasteiger charge is -2.25. The van der Waals surface area contributed by atoms with Crippen molar-refractivity contribution in [3.05, 3.63) is 65.0 Å². The van der Waals surface area contributed by atoms with Crippen LogP contribution < -0.4 is 10.1 Å². The van der Waals surface area contributed by atoms with E-state index in [1.807, 2.05) is 4.90 Å². The lowest BCUT2D eigenvalue weighted by molar-refractivity contribution is -0.116. The zero-order valence-corrected chi connectivity index (χ0v) is 21.1. The van der Waals surface area contributed by atoms with Crippen LogP contribution in [0.5, 0.6) is 5.75 Å². The van der Waals surface area contributed by atoms with E-state index in [-0.39, 0.29) is 18.1 Å². The number of morpholine rings is 1. The van der Waals surface area contributed by atoms with E-state index in [2.05, 4.69) is 15.3 Å². The number of hydrogen-bond donors (Lipinski definition) is 1. The van der Waals surface area contributed by atoms with Gasteiger partial charge in [-0.3, -0.25) is 9.69 Å². The molecule has 0 unspecified atom stereocenters. The van der Waals surface area contributed by atoms with E-state index in [1.165, 1.54) is 30.6 Å². The largest absolute Gasteiger partial charge is 0.491 e. The number of Topliss-reactive ketones (excluding diaryl/α,β-unsaturated/α-hetero) is 1. The van der Waals surface area contributed by atoms with Crippen LogP contribution in [0.3, 0.4) is 0 Å². The number of aromatic nitrogens is 2. The van der Waals surface area contributed by atoms with Gasteiger partial charge in [0.15, 0.2) is 11.6 Å². The zero-order valence-electron chi connectivity index (χ0n) is 20.3. The summed E-state index contributed by atoms with van der Waals surface area (Å²) >= 11 is 5.90. The zero-order chi connectivity index (χ0) is 26.2. The maximum absolute atomic E-state index is 14.7. The van der Waals surface area contributed by atoms with Crippen molar-refractivity contribution in [1.82, 2.24) is 14.9 Å². The van der Waals surface area contributed by atoms with Gasteiger partial charge in [0.25, 0.3) is 0 Å². The lowest BCUT2D eigenvalue weighted by atomic mass is 10.0. The molecule has 0 bridgehead atoms. The lowest BCUT2D eigenvalue weighted by Crippen LogP contribution is -2.36. The molecule has 3 aromatic rings. The molecule has 196 valence electrons. The van der Waals surface area contributed by atoms with E-state index >= 15 is 0 Å². The molecule has 1 fully saturated rings. The molecule has 1 saturated heterocycles. The van der Waals surface area contributed by atoms with Gasteiger partial charge in [-0.25, -0.2) is 18.7 Å². The number of allylic oxidation sites excluding steroid dienone is 1. The van der Waals surface area contributed by atoms with Crippen molar-refractivity contribution in [3.8, 4) is 5.75 Å². The SMILES string of the molecule is COCCOc1cc2ncnc(Nc3ccc(F)c(Cl)c3)c2cc1CC(=O)C(F)=CCN1CCOCC1. The van der Waals surface area contributed by atoms with Crippen LogP contribution in [0, 0.1) is 5.82 Å². The number of nitrogens with one attached hydrogen (secondary N) is 1. The molecular formula is C26H27ClF2N4O4. The van der Waals surface area contributed by atoms with E-state index in [0.717, 1.165) is 0 Å². The number of carbonyl (C=O) groups excluding carboxylic acids is 1. The summed E-state index contributed by atoms with van der Waals surface area (Å²) in [6.45, 7) is 3.46. The van der Waals surface area contributed by atoms with Crippen LogP contribution in [0.4, 0.5) is 20.3 Å². The minimum Gasteiger partial charge on any atom is -0.491 e. The van der Waals surface area contributed by atoms with Crippen molar-refractivity contribution in [2.24, 2.45) is 0 Å². The predicted molar refractivity (Wildman–Crippen MR) is 137 cm³/mol. The number of anilines is 2. The summed E-state index contributed by atoms with van der Waals surface area (Å²) in [5.74, 6) is -1.21. The summed E-state index contributed by atoms with van der Waals surface area (Å²) in [5.41, 5.74) is 1.53. The van der Waals surface area contributed by atoms with Gasteiger partial charge in [0, 0.05) is 55.9 Å². The molecule has 0 atom stereocenters. The monoisotopic (exact) mass is 532 g/mol. The average Bonchev–Trinajstić information content (AvgIpc) is 2.90. The van der Waals surface area contributed by atoms with Crippen LogP contribution in [0.15, 0.2) is 48.6 Å². The molecule has 1 N–H and O–H groups in total. The number of methoxy groups -OCH3 is 1. The van der Waals surface area contributed by atoms with Gasteiger partial charge in [-0.1, -0.05) is 11.6 Å². The number of benzene rings is 2. The van der Waals surface area contributed by atoms with Gasteiger partial charge in [0.1, 0.15) is 30.3 Å². The summed E-state index contributed by atoms with van der Waals surface area (Å²) in [7, 11) is 1.55. The first-order valence-electron chi connectivity index (χ1n) is 11.7. The summed E-state index contributed by atoms with van der Waals surface area (Å²) < 4.78 is 44.5. The number of ketones is 1. The molecule has 0 spiro atoms. The Bertz CT molecular complexity index is 1280. The predicted octanol–water partition coefficient (Wildman–Crippen LogP) is 4.49. The first kappa shape index (κ1) is 26.9. The molecule has 1 aliphatic rings. The molecule has 1 aliphatic heterocycles. The maximum atomic E-state index is 14.7. The number of ether oxygens (including phenoxy) is 3. The van der Waals surface area contributed by atoms with Gasteiger partial charge >= 0.3 is 0 Å². The molecule has 0 aliphatic carbocycles. The Morgan fingerprint density at radius 3 is 2.78 bits per heavy atom. The highest BCUT2D eigenvalue weighted by Crippen LogP contribution is 2.31. The van der Waals surface area contributed by atoms with Crippen LogP contribution in [0.1, 0.15) is 5.56 Å². The summed E-state index contributed by atoms with van der Waals surface area (Å²) in [5, 5.41) is 3.63. The Balaban J connectivity index is 1.61. The van der Waals surface area contributed by atoms with E-state index in [0.29, 0.717) is 73.2 Å². The third-order valence-electron chi connectivity index (χ3n) is 5.79. The fourth-order valence-corrected chi connectivity index (χ4v) is 3.99. The van der Waals surface area contributed by atoms with E-state index in [1.54, 1.807) is 19.2 Å². The molecular weight excluding hydrogens is 506 g/mol. The fourth-order valence-electron chi connectivity index (χ4n) is 3.81. The molecule has 0 saturated carbocycles. The smallest absolute Gasteiger partial charge is 0.195 e. The molecule has 0 amide bonds. The molecule has 11 heteroatoms. The van der Waals surface area contributed by atoms with Gasteiger partial charge in [-0.15, -0.1) is 0 Å². The van der Waals surface area contributed by atoms with Gasteiger partial charge in [0.2, 0.25) is 0 Å². The van der Waals surface area contributed by atoms with Crippen LogP contribution in [-0.2, 0) is 20.7 Å². The Morgan fingerprint density at radius 1 is 1.22 bits per heavy atom. The first-order chi connectivity index (χ1) is 17.9. The average molecular weight is 533 g/mol. The number of carbonyl (C=O) groups is 1. The number of hydrogen-bond acceptors (Lipinski definition) is 8. The number of rotatable bonds is 11. The van der Waals surface area contributed by atoms with Gasteiger partial charge in [-0.2, -0.15) is 0 Å². The van der Waals surface area contributed by atoms with Crippen molar-refractivity contribution in [1.29, 1.82) is 0 Å². The second kappa shape index (κ2) is 12.9. The van der Waals surface area contributed by atoms with Crippen molar-refractivity contribution < 1.29 is 27.8 Å². The normalized spacial score (nSPS) is 14.6. The Kier molecular flexibility index (Phi) is 9.34. The quantitative estimate of drug-likeness (QED) is 0.286. The van der Waals surface area contributed by atoms with E-state index in [4.69, 9.17) is 25.8 Å². The highest BCUT2D eigenvalue weighted by Gasteiger charge is 2.18. The van der Waals surface area contributed by atoms with Crippen LogP contribution in [-0.4, -0.2) is 73.8 Å². The van der Waals surface area contributed by atoms with E-state index in [9.17, 15) is 13.6 Å². The molecule has 37 heavy (non-hydrogen) atoms. The fraction of sp³-hybridized carbons (Fsp3) is 0.346. The highest BCUT2D eigenvalue weighted by atomic mass is 35.5. The number of nitrogens with zero attached hydrogens (tertiary/aromatic N) is 3. The van der Waals surface area contributed by atoms with Gasteiger partial charge in [-0.05, 0) is 30.3 Å². The third-order valence-corrected chi connectivity index (χ3v) is 6.08. The summed E-state index contributed by atoms with van der Waals surface area (Å²) in [6.07, 6.45) is 2.45. The van der Waals surface area contributed by atoms with Crippen molar-refractivity contribution >= 4 is 39.8 Å². The van der Waals surface area contributed by atoms with Crippen molar-refractivity contribution in [3.63, 3.8) is 0 Å². The van der Waals surface area contributed by atoms with Crippen LogP contribution in [0.2, 0.25) is 5.02 Å². The van der Waals surface area contributed by atoms with Crippen LogP contribution >= 0.6 is 11.6 Å². The minimum absolute atomic E-state index is 0.0391. The Labute approximate surface area is 218 Å². The Morgan fingerprint density at radius 2 is 2.03 bits per heavy atom. The van der Waals surface area contributed by atoms with Crippen LogP contribution in [0.25, 0.3) is 10.9 Å². The third kappa shape index (κ3) is 7.20. The van der Waals surface area contributed by atoms with Crippen molar-refractivity contribution in [2.45, 2.75) is 6.42 Å². The van der Waals surface area contributed by atoms with E-state index < -0.39 is 17.4 Å². The minimum atomic E-state index is -0.807. The Hall–Kier alpha value is -3.18. The number of fused-ring (bicyclic) bond motifs is 1. The molecule has 2 heterocycles. The second-order valence-electron chi connectivity index (χ2n) is 8.36. The van der Waals surface area contributed by atoms with Crippen molar-refractivity contribution in [2.75, 3.05) is 58.5 Å². The summed E-state index contributed by atoms with van der Waals surface area (Å²) in [4.78, 5) is 23.4. The standard InChI is InChI=1S/C26H27ClF2N4O4/c1-35-10-11-37-25-15-23-19(26(31-16-30-23)32-18-2-3-21(28)20(27)14-18)12-17(25)13-24(34)22(29)4-5-33-6-8-36-9-7-33/h2-4,12,14-16H,5-11,13H2,1H3,(H,30,31,32). The molecule has 1 aromatic heterocycles. The first-order valence-corrected chi connectivity index (χ1v) is 12.1. The molecule has 4 rings (SSSR count). The second-order valence-corrected chi connectivity index (χ2v) is 8.77. The molecule has 8 nitrogen and oxygen atoms in total. The van der Waals surface area contributed by atoms with Gasteiger partial charge < -0.3 is 19.5 Å². The topological polar surface area (TPSA) is 85.8 Å². The van der Waals surface area contributed by atoms with Gasteiger partial charge in [0.05, 0.1) is 30.4 Å². The molecule has 0 radical (unpaired) electrons. The number of halogens is 3. The summed E-state index contributed by atoms with van der Waals surface area (Å²) in [6, 6.07) is 7.57. The molecule has 2 aromatic carbocycles. The highest BCUT2D eigenvalue weighted by molar-refractivity contribution is 6.31. The maximum Gasteiger partial charge on any atom is 0.195 e.